The highest BCUT2D eigenvalue weighted by Gasteiger charge is 2.44. The smallest absolute Gasteiger partial charge is 0.138 e. The Morgan fingerprint density at radius 2 is 2.26 bits per heavy atom. The maximum absolute atomic E-state index is 9.92. The van der Waals surface area contributed by atoms with Crippen LogP contribution in [0.5, 0.6) is 5.75 Å². The van der Waals surface area contributed by atoms with E-state index in [1.807, 2.05) is 30.0 Å². The summed E-state index contributed by atoms with van der Waals surface area (Å²) in [4.78, 5) is 6.76. The zero-order valence-corrected chi connectivity index (χ0v) is 13.1. The number of likely N-dealkylation sites (N-methyl/N-ethyl adjacent to an activating group) is 1. The SMILES string of the molecule is CN1CCSC1C1(S)CSC(c2ccccc2O)=N1. The highest BCUT2D eigenvalue weighted by molar-refractivity contribution is 8.15. The number of rotatable bonds is 2. The second-order valence-electron chi connectivity index (χ2n) is 4.81. The minimum Gasteiger partial charge on any atom is -0.507 e. The lowest BCUT2D eigenvalue weighted by Crippen LogP contribution is -2.41. The van der Waals surface area contributed by atoms with Crippen molar-refractivity contribution in [3.63, 3.8) is 0 Å². The zero-order chi connectivity index (χ0) is 13.5. The predicted octanol–water partition coefficient (Wildman–Crippen LogP) is 2.52. The molecule has 2 atom stereocenters. The quantitative estimate of drug-likeness (QED) is 0.823. The summed E-state index contributed by atoms with van der Waals surface area (Å²) in [5, 5.41) is 11.1. The first-order chi connectivity index (χ1) is 9.10. The van der Waals surface area contributed by atoms with Gasteiger partial charge >= 0.3 is 0 Å². The molecular formula is C13H16N2OS3. The van der Waals surface area contributed by atoms with Crippen molar-refractivity contribution in [3.05, 3.63) is 29.8 Å². The summed E-state index contributed by atoms with van der Waals surface area (Å²) in [5.74, 6) is 2.27. The van der Waals surface area contributed by atoms with Crippen molar-refractivity contribution in [1.29, 1.82) is 0 Å². The Morgan fingerprint density at radius 1 is 1.47 bits per heavy atom. The van der Waals surface area contributed by atoms with Crippen LogP contribution in [0.2, 0.25) is 0 Å². The maximum Gasteiger partial charge on any atom is 0.138 e. The molecule has 2 aliphatic heterocycles. The van der Waals surface area contributed by atoms with Gasteiger partial charge in [-0.1, -0.05) is 12.1 Å². The van der Waals surface area contributed by atoms with E-state index in [1.54, 1.807) is 17.8 Å². The molecule has 19 heavy (non-hydrogen) atoms. The summed E-state index contributed by atoms with van der Waals surface area (Å²) >= 11 is 8.42. The number of hydrogen-bond acceptors (Lipinski definition) is 6. The Bertz CT molecular complexity index is 522. The summed E-state index contributed by atoms with van der Waals surface area (Å²) in [6.45, 7) is 1.09. The first kappa shape index (κ1) is 13.7. The van der Waals surface area contributed by atoms with Crippen molar-refractivity contribution in [1.82, 2.24) is 4.90 Å². The van der Waals surface area contributed by atoms with Gasteiger partial charge in [-0.25, -0.2) is 0 Å². The van der Waals surface area contributed by atoms with Gasteiger partial charge in [-0.15, -0.1) is 36.2 Å². The fourth-order valence-electron chi connectivity index (χ4n) is 2.37. The lowest BCUT2D eigenvalue weighted by atomic mass is 10.2. The average Bonchev–Trinajstić information content (AvgIpc) is 2.97. The number of phenolic OH excluding ortho intramolecular Hbond substituents is 1. The van der Waals surface area contributed by atoms with E-state index in [4.69, 9.17) is 17.6 Å². The number of aliphatic imine (C=N–C) groups is 1. The standard InChI is InChI=1S/C13H16N2OS3/c1-15-6-7-18-12(15)13(17)8-19-11(14-13)9-4-2-3-5-10(9)16/h2-5,12,16-17H,6-8H2,1H3. The van der Waals surface area contributed by atoms with Gasteiger partial charge in [0.05, 0.1) is 5.37 Å². The van der Waals surface area contributed by atoms with Crippen LogP contribution in [0.3, 0.4) is 0 Å². The summed E-state index contributed by atoms with van der Waals surface area (Å²) in [5.41, 5.74) is 0.814. The van der Waals surface area contributed by atoms with Gasteiger partial charge < -0.3 is 5.11 Å². The molecule has 0 aliphatic carbocycles. The first-order valence-electron chi connectivity index (χ1n) is 6.15. The van der Waals surface area contributed by atoms with Crippen LogP contribution < -0.4 is 0 Å². The molecule has 0 spiro atoms. The Labute approximate surface area is 127 Å². The minimum absolute atomic E-state index is 0.291. The molecule has 0 saturated carbocycles. The van der Waals surface area contributed by atoms with Gasteiger partial charge in [-0.05, 0) is 19.2 Å². The third-order valence-electron chi connectivity index (χ3n) is 3.37. The maximum atomic E-state index is 9.92. The van der Waals surface area contributed by atoms with Crippen LogP contribution in [0.1, 0.15) is 5.56 Å². The summed E-state index contributed by atoms with van der Waals surface area (Å²) in [6.07, 6.45) is 0. The molecule has 1 aromatic rings. The summed E-state index contributed by atoms with van der Waals surface area (Å²) in [6, 6.07) is 7.36. The van der Waals surface area contributed by atoms with Crippen molar-refractivity contribution >= 4 is 41.2 Å². The van der Waals surface area contributed by atoms with Gasteiger partial charge in [0.15, 0.2) is 0 Å². The van der Waals surface area contributed by atoms with Crippen LogP contribution in [0.4, 0.5) is 0 Å². The molecule has 102 valence electrons. The van der Waals surface area contributed by atoms with Gasteiger partial charge in [0, 0.05) is 23.6 Å². The summed E-state index contributed by atoms with van der Waals surface area (Å²) in [7, 11) is 2.13. The fraction of sp³-hybridized carbons (Fsp3) is 0.462. The van der Waals surface area contributed by atoms with Crippen molar-refractivity contribution in [3.8, 4) is 5.75 Å². The number of thiol groups is 1. The molecule has 3 nitrogen and oxygen atoms in total. The number of thioether (sulfide) groups is 2. The molecule has 2 heterocycles. The highest BCUT2D eigenvalue weighted by atomic mass is 32.2. The summed E-state index contributed by atoms with van der Waals surface area (Å²) < 4.78 is 0. The molecule has 1 aromatic carbocycles. The van der Waals surface area contributed by atoms with Crippen molar-refractivity contribution < 1.29 is 5.11 Å². The van der Waals surface area contributed by atoms with E-state index in [0.717, 1.165) is 28.7 Å². The van der Waals surface area contributed by atoms with E-state index in [0.29, 0.717) is 11.1 Å². The molecule has 2 aliphatic rings. The third-order valence-corrected chi connectivity index (χ3v) is 6.91. The molecule has 0 radical (unpaired) electrons. The normalized spacial score (nSPS) is 31.7. The van der Waals surface area contributed by atoms with Crippen molar-refractivity contribution in [2.24, 2.45) is 4.99 Å². The zero-order valence-electron chi connectivity index (χ0n) is 10.6. The fourth-order valence-corrected chi connectivity index (χ4v) is 5.77. The first-order valence-corrected chi connectivity index (χ1v) is 8.63. The highest BCUT2D eigenvalue weighted by Crippen LogP contribution is 2.44. The Balaban J connectivity index is 1.90. The van der Waals surface area contributed by atoms with E-state index in [-0.39, 0.29) is 4.87 Å². The van der Waals surface area contributed by atoms with Crippen molar-refractivity contribution in [2.75, 3.05) is 25.1 Å². The Hall–Kier alpha value is -0.300. The van der Waals surface area contributed by atoms with E-state index in [1.165, 1.54) is 0 Å². The van der Waals surface area contributed by atoms with Gasteiger partial charge in [-0.2, -0.15) is 0 Å². The van der Waals surface area contributed by atoms with Crippen LogP contribution in [0.25, 0.3) is 0 Å². The number of phenols is 1. The van der Waals surface area contributed by atoms with Crippen molar-refractivity contribution in [2.45, 2.75) is 10.2 Å². The largest absolute Gasteiger partial charge is 0.507 e. The van der Waals surface area contributed by atoms with E-state index < -0.39 is 0 Å². The molecule has 0 aromatic heterocycles. The van der Waals surface area contributed by atoms with Crippen LogP contribution in [-0.2, 0) is 0 Å². The van der Waals surface area contributed by atoms with Gasteiger partial charge in [0.25, 0.3) is 0 Å². The molecule has 2 unspecified atom stereocenters. The molecule has 1 saturated heterocycles. The van der Waals surface area contributed by atoms with Crippen LogP contribution >= 0.6 is 36.2 Å². The van der Waals surface area contributed by atoms with E-state index in [2.05, 4.69) is 11.9 Å². The molecule has 6 heteroatoms. The molecule has 0 bridgehead atoms. The number of para-hydroxylation sites is 1. The number of hydrogen-bond donors (Lipinski definition) is 2. The topological polar surface area (TPSA) is 35.8 Å². The second-order valence-corrected chi connectivity index (χ2v) is 7.73. The molecule has 3 rings (SSSR count). The van der Waals surface area contributed by atoms with Gasteiger partial charge in [0.2, 0.25) is 0 Å². The van der Waals surface area contributed by atoms with Gasteiger partial charge in [0.1, 0.15) is 15.7 Å². The monoisotopic (exact) mass is 312 g/mol. The third kappa shape index (κ3) is 2.51. The Kier molecular flexibility index (Phi) is 3.77. The lowest BCUT2D eigenvalue weighted by Gasteiger charge is -2.30. The van der Waals surface area contributed by atoms with Gasteiger partial charge in [-0.3, -0.25) is 9.89 Å². The van der Waals surface area contributed by atoms with E-state index >= 15 is 0 Å². The Morgan fingerprint density at radius 3 is 2.95 bits per heavy atom. The van der Waals surface area contributed by atoms with E-state index in [9.17, 15) is 5.11 Å². The van der Waals surface area contributed by atoms with Crippen LogP contribution in [-0.4, -0.2) is 50.4 Å². The average molecular weight is 312 g/mol. The molecule has 1 N–H and O–H groups in total. The molecular weight excluding hydrogens is 296 g/mol. The molecule has 1 fully saturated rings. The lowest BCUT2D eigenvalue weighted by molar-refractivity contribution is 0.316. The number of aromatic hydroxyl groups is 1. The van der Waals surface area contributed by atoms with Crippen LogP contribution in [0.15, 0.2) is 29.3 Å². The molecule has 0 amide bonds. The second kappa shape index (κ2) is 5.24. The minimum atomic E-state index is -0.363. The predicted molar refractivity (Wildman–Crippen MR) is 87.7 cm³/mol. The van der Waals surface area contributed by atoms with Crippen LogP contribution in [0, 0.1) is 0 Å². The number of benzene rings is 1. The number of nitrogens with zero attached hydrogens (tertiary/aromatic N) is 2.